The Hall–Kier alpha value is -3.47. The van der Waals surface area contributed by atoms with Crippen LogP contribution in [0.3, 0.4) is 0 Å². The topological polar surface area (TPSA) is 115 Å². The second-order valence-electron chi connectivity index (χ2n) is 6.00. The Morgan fingerprint density at radius 3 is 2.73 bits per heavy atom. The predicted octanol–water partition coefficient (Wildman–Crippen LogP) is 2.68. The fraction of sp³-hybridized carbons (Fsp3) is 0.222. The number of urea groups is 1. The number of aromatic nitrogens is 1. The number of nitrogens with one attached hydrogen (secondary N) is 2. The van der Waals surface area contributed by atoms with Crippen molar-refractivity contribution < 1.29 is 19.1 Å². The standard InChI is InChI=1S/C18H15FN4O3/c1-9(24)11-3-4-13(19)16(17(11)25)12-6-14(12)22-18(26)23-15-5-2-10(7-20)8-21-15/h2-5,8,12,14,25H,6H2,1H3,(H2,21,22,23,26)/t12-,14+/m0/s1. The molecule has 1 aliphatic rings. The molecule has 8 heteroatoms. The summed E-state index contributed by atoms with van der Waals surface area (Å²) < 4.78 is 14.1. The molecule has 7 nitrogen and oxygen atoms in total. The Bertz CT molecular complexity index is 921. The van der Waals surface area contributed by atoms with Gasteiger partial charge in [-0.15, -0.1) is 0 Å². The number of carbonyl (C=O) groups is 2. The molecule has 3 N–H and O–H groups in total. The number of carbonyl (C=O) groups excluding carboxylic acids is 2. The van der Waals surface area contributed by atoms with E-state index in [4.69, 9.17) is 5.26 Å². The van der Waals surface area contributed by atoms with Gasteiger partial charge in [0.05, 0.1) is 11.1 Å². The van der Waals surface area contributed by atoms with Crippen LogP contribution in [0.2, 0.25) is 0 Å². The highest BCUT2D eigenvalue weighted by molar-refractivity contribution is 5.97. The van der Waals surface area contributed by atoms with E-state index in [1.54, 1.807) is 0 Å². The molecule has 3 rings (SSSR count). The number of ketones is 1. The minimum atomic E-state index is -0.615. The Labute approximate surface area is 148 Å². The summed E-state index contributed by atoms with van der Waals surface area (Å²) >= 11 is 0. The molecule has 1 aromatic carbocycles. The lowest BCUT2D eigenvalue weighted by Crippen LogP contribution is -2.31. The summed E-state index contributed by atoms with van der Waals surface area (Å²) in [5, 5.41) is 24.1. The van der Waals surface area contributed by atoms with Crippen LogP contribution in [-0.4, -0.2) is 27.9 Å². The van der Waals surface area contributed by atoms with Crippen LogP contribution in [0.25, 0.3) is 0 Å². The van der Waals surface area contributed by atoms with Crippen molar-refractivity contribution in [1.29, 1.82) is 5.26 Å². The molecule has 1 saturated carbocycles. The maximum atomic E-state index is 14.1. The molecular formula is C18H15FN4O3. The maximum Gasteiger partial charge on any atom is 0.320 e. The zero-order valence-electron chi connectivity index (χ0n) is 13.8. The molecule has 1 aliphatic carbocycles. The van der Waals surface area contributed by atoms with Gasteiger partial charge in [-0.2, -0.15) is 5.26 Å². The van der Waals surface area contributed by atoms with Gasteiger partial charge in [0, 0.05) is 23.7 Å². The highest BCUT2D eigenvalue weighted by Gasteiger charge is 2.43. The van der Waals surface area contributed by atoms with Crippen LogP contribution in [0.5, 0.6) is 5.75 Å². The minimum absolute atomic E-state index is 0.0412. The Balaban J connectivity index is 1.66. The number of pyridine rings is 1. The van der Waals surface area contributed by atoms with Crippen LogP contribution in [0, 0.1) is 17.1 Å². The minimum Gasteiger partial charge on any atom is -0.507 e. The second kappa shape index (κ2) is 6.80. The van der Waals surface area contributed by atoms with E-state index in [9.17, 15) is 19.1 Å². The summed E-state index contributed by atoms with van der Waals surface area (Å²) in [7, 11) is 0. The fourth-order valence-corrected chi connectivity index (χ4v) is 2.75. The normalized spacial score (nSPS) is 17.9. The quantitative estimate of drug-likeness (QED) is 0.730. The summed E-state index contributed by atoms with van der Waals surface area (Å²) in [5.41, 5.74) is 0.465. The number of hydrogen-bond acceptors (Lipinski definition) is 5. The van der Waals surface area contributed by atoms with Crippen LogP contribution in [0.4, 0.5) is 15.0 Å². The number of rotatable bonds is 4. The van der Waals surface area contributed by atoms with Crippen molar-refractivity contribution in [3.63, 3.8) is 0 Å². The van der Waals surface area contributed by atoms with E-state index in [0.29, 0.717) is 12.0 Å². The molecule has 2 amide bonds. The number of benzene rings is 1. The zero-order valence-corrected chi connectivity index (χ0v) is 13.8. The molecule has 0 bridgehead atoms. The van der Waals surface area contributed by atoms with Gasteiger partial charge in [-0.25, -0.2) is 14.2 Å². The van der Waals surface area contributed by atoms with Gasteiger partial charge in [0.15, 0.2) is 5.78 Å². The number of amides is 2. The molecule has 0 spiro atoms. The average molecular weight is 354 g/mol. The highest BCUT2D eigenvalue weighted by atomic mass is 19.1. The van der Waals surface area contributed by atoms with Gasteiger partial charge in [0.1, 0.15) is 23.5 Å². The number of hydrogen-bond donors (Lipinski definition) is 3. The van der Waals surface area contributed by atoms with Crippen molar-refractivity contribution in [3.05, 3.63) is 53.0 Å². The number of nitrogens with zero attached hydrogens (tertiary/aromatic N) is 2. The van der Waals surface area contributed by atoms with Crippen molar-refractivity contribution in [2.45, 2.75) is 25.3 Å². The molecule has 1 fully saturated rings. The number of phenolic OH excluding ortho intramolecular Hbond substituents is 1. The van der Waals surface area contributed by atoms with Gasteiger partial charge in [-0.05, 0) is 37.6 Å². The largest absolute Gasteiger partial charge is 0.507 e. The van der Waals surface area contributed by atoms with E-state index in [1.165, 1.54) is 31.3 Å². The van der Waals surface area contributed by atoms with Crippen molar-refractivity contribution in [1.82, 2.24) is 10.3 Å². The predicted molar refractivity (Wildman–Crippen MR) is 90.3 cm³/mol. The molecule has 1 aromatic heterocycles. The van der Waals surface area contributed by atoms with Crippen LogP contribution < -0.4 is 10.6 Å². The van der Waals surface area contributed by atoms with Crippen LogP contribution >= 0.6 is 0 Å². The van der Waals surface area contributed by atoms with Crippen molar-refractivity contribution in [2.75, 3.05) is 5.32 Å². The van der Waals surface area contributed by atoms with Gasteiger partial charge in [-0.3, -0.25) is 10.1 Å². The fourth-order valence-electron chi connectivity index (χ4n) is 2.75. The average Bonchev–Trinajstić information content (AvgIpc) is 3.33. The van der Waals surface area contributed by atoms with Gasteiger partial charge in [-0.1, -0.05) is 0 Å². The monoisotopic (exact) mass is 354 g/mol. The molecule has 26 heavy (non-hydrogen) atoms. The lowest BCUT2D eigenvalue weighted by Gasteiger charge is -2.10. The van der Waals surface area contributed by atoms with Gasteiger partial charge in [0.25, 0.3) is 0 Å². The van der Waals surface area contributed by atoms with E-state index in [2.05, 4.69) is 15.6 Å². The first kappa shape index (κ1) is 17.4. The van der Waals surface area contributed by atoms with E-state index >= 15 is 0 Å². The van der Waals surface area contributed by atoms with Crippen molar-refractivity contribution >= 4 is 17.6 Å². The number of halogens is 1. The first-order chi connectivity index (χ1) is 12.4. The molecule has 1 heterocycles. The lowest BCUT2D eigenvalue weighted by molar-refractivity contribution is 0.101. The van der Waals surface area contributed by atoms with E-state index in [-0.39, 0.29) is 34.5 Å². The van der Waals surface area contributed by atoms with Crippen molar-refractivity contribution in [3.8, 4) is 11.8 Å². The number of anilines is 1. The molecule has 132 valence electrons. The van der Waals surface area contributed by atoms with E-state index in [0.717, 1.165) is 6.07 Å². The van der Waals surface area contributed by atoms with Gasteiger partial charge in [0.2, 0.25) is 0 Å². The Kier molecular flexibility index (Phi) is 4.54. The summed E-state index contributed by atoms with van der Waals surface area (Å²) in [6, 6.07) is 6.42. The molecule has 0 saturated heterocycles. The highest BCUT2D eigenvalue weighted by Crippen LogP contribution is 2.46. The SMILES string of the molecule is CC(=O)c1ccc(F)c([C@H]2C[C@H]2NC(=O)Nc2ccc(C#N)cn2)c1O. The first-order valence-electron chi connectivity index (χ1n) is 7.86. The van der Waals surface area contributed by atoms with Crippen LogP contribution in [0.1, 0.15) is 40.7 Å². The Morgan fingerprint density at radius 2 is 2.12 bits per heavy atom. The smallest absolute Gasteiger partial charge is 0.320 e. The summed E-state index contributed by atoms with van der Waals surface area (Å²) in [6.07, 6.45) is 1.77. The molecule has 0 unspecified atom stereocenters. The number of aromatic hydroxyl groups is 1. The van der Waals surface area contributed by atoms with E-state index < -0.39 is 17.8 Å². The summed E-state index contributed by atoms with van der Waals surface area (Å²) in [6.45, 7) is 1.29. The van der Waals surface area contributed by atoms with E-state index in [1.807, 2.05) is 6.07 Å². The lowest BCUT2D eigenvalue weighted by atomic mass is 10.0. The van der Waals surface area contributed by atoms with Crippen LogP contribution in [0.15, 0.2) is 30.5 Å². The third-order valence-corrected chi connectivity index (χ3v) is 4.16. The molecule has 0 radical (unpaired) electrons. The van der Waals surface area contributed by atoms with Crippen molar-refractivity contribution in [2.24, 2.45) is 0 Å². The third kappa shape index (κ3) is 3.47. The number of phenols is 1. The first-order valence-corrected chi connectivity index (χ1v) is 7.86. The second-order valence-corrected chi connectivity index (χ2v) is 6.00. The molecular weight excluding hydrogens is 339 g/mol. The van der Waals surface area contributed by atoms with Crippen LogP contribution in [-0.2, 0) is 0 Å². The maximum absolute atomic E-state index is 14.1. The summed E-state index contributed by atoms with van der Waals surface area (Å²) in [5.74, 6) is -1.49. The number of Topliss-reactive ketones (excluding diaryl/α,β-unsaturated/α-hetero) is 1. The van der Waals surface area contributed by atoms with Gasteiger partial charge < -0.3 is 10.4 Å². The van der Waals surface area contributed by atoms with Gasteiger partial charge >= 0.3 is 6.03 Å². The molecule has 2 atom stereocenters. The molecule has 0 aliphatic heterocycles. The zero-order chi connectivity index (χ0) is 18.8. The number of nitriles is 1. The third-order valence-electron chi connectivity index (χ3n) is 4.16. The Morgan fingerprint density at radius 1 is 1.35 bits per heavy atom. The summed E-state index contributed by atoms with van der Waals surface area (Å²) in [4.78, 5) is 27.4. The molecule has 2 aromatic rings.